The summed E-state index contributed by atoms with van der Waals surface area (Å²) in [6.45, 7) is 3.90. The smallest absolute Gasteiger partial charge is 0.180 e. The Morgan fingerprint density at radius 2 is 1.95 bits per heavy atom. The van der Waals surface area contributed by atoms with Gasteiger partial charge >= 0.3 is 0 Å². The number of aromatic nitrogens is 1. The summed E-state index contributed by atoms with van der Waals surface area (Å²) in [5, 5.41) is 0. The Morgan fingerprint density at radius 1 is 1.21 bits per heavy atom. The van der Waals surface area contributed by atoms with Crippen molar-refractivity contribution in [3.05, 3.63) is 65.0 Å². The van der Waals surface area contributed by atoms with E-state index in [0.29, 0.717) is 0 Å². The number of ketones is 1. The van der Waals surface area contributed by atoms with Crippen molar-refractivity contribution in [2.24, 2.45) is 0 Å². The molecule has 100 valence electrons. The summed E-state index contributed by atoms with van der Waals surface area (Å²) in [5.41, 5.74) is 3.67. The van der Waals surface area contributed by atoms with E-state index in [1.165, 1.54) is 0 Å². The molecule has 1 unspecified atom stereocenters. The largest absolute Gasteiger partial charge is 0.293 e. The highest BCUT2D eigenvalue weighted by atomic mass is 79.9. The van der Waals surface area contributed by atoms with E-state index in [9.17, 15) is 4.79 Å². The molecule has 2 nitrogen and oxygen atoms in total. The maximum atomic E-state index is 12.3. The minimum atomic E-state index is -0.319. The Morgan fingerprint density at radius 3 is 2.58 bits per heavy atom. The molecule has 1 aromatic heterocycles. The molecule has 1 aromatic carbocycles. The van der Waals surface area contributed by atoms with Gasteiger partial charge in [-0.3, -0.25) is 9.78 Å². The van der Waals surface area contributed by atoms with E-state index in [0.717, 1.165) is 22.4 Å². The van der Waals surface area contributed by atoms with Crippen molar-refractivity contribution in [1.82, 2.24) is 4.98 Å². The third-order valence-electron chi connectivity index (χ3n) is 2.75. The molecule has 1 atom stereocenters. The summed E-state index contributed by atoms with van der Waals surface area (Å²) < 4.78 is 0. The average molecular weight is 385 g/mol. The summed E-state index contributed by atoms with van der Waals surface area (Å²) in [7, 11) is 0. The summed E-state index contributed by atoms with van der Waals surface area (Å²) in [5.74, 6) is 0.0734. The highest BCUT2D eigenvalue weighted by molar-refractivity contribution is 9.09. The Balaban J connectivity index is 0.00000180. The lowest BCUT2D eigenvalue weighted by atomic mass is 10.0. The van der Waals surface area contributed by atoms with Crippen LogP contribution in [0.3, 0.4) is 0 Å². The zero-order chi connectivity index (χ0) is 13.1. The Kier molecular flexibility index (Phi) is 5.88. The molecule has 0 bridgehead atoms. The van der Waals surface area contributed by atoms with E-state index < -0.39 is 0 Å². The molecule has 0 saturated carbocycles. The van der Waals surface area contributed by atoms with Crippen molar-refractivity contribution in [2.45, 2.75) is 18.7 Å². The molecule has 0 radical (unpaired) electrons. The minimum absolute atomic E-state index is 0. The predicted molar refractivity (Wildman–Crippen MR) is 86.5 cm³/mol. The van der Waals surface area contributed by atoms with Crippen LogP contribution in [0.4, 0.5) is 0 Å². The van der Waals surface area contributed by atoms with Crippen molar-refractivity contribution in [2.75, 3.05) is 0 Å². The fraction of sp³-hybridized carbons (Fsp3) is 0.200. The second kappa shape index (κ2) is 6.96. The molecular weight excluding hydrogens is 370 g/mol. The number of halogens is 2. The maximum Gasteiger partial charge on any atom is 0.180 e. The summed E-state index contributed by atoms with van der Waals surface area (Å²) in [6.07, 6.45) is 1.72. The molecule has 0 saturated heterocycles. The molecule has 2 rings (SSSR count). The number of carbonyl (C=O) groups excluding carboxylic acids is 1. The number of nitrogens with zero attached hydrogens (tertiary/aromatic N) is 1. The molecule has 19 heavy (non-hydrogen) atoms. The van der Waals surface area contributed by atoms with Crippen LogP contribution in [-0.4, -0.2) is 10.8 Å². The average Bonchev–Trinajstić information content (AvgIpc) is 2.37. The minimum Gasteiger partial charge on any atom is -0.293 e. The normalized spacial score (nSPS) is 11.5. The molecule has 0 spiro atoms. The zero-order valence-corrected chi connectivity index (χ0v) is 14.1. The van der Waals surface area contributed by atoms with Gasteiger partial charge in [-0.05, 0) is 37.6 Å². The van der Waals surface area contributed by atoms with Gasteiger partial charge in [-0.25, -0.2) is 0 Å². The molecule has 0 aliphatic carbocycles. The zero-order valence-electron chi connectivity index (χ0n) is 10.8. The van der Waals surface area contributed by atoms with Crippen LogP contribution < -0.4 is 0 Å². The lowest BCUT2D eigenvalue weighted by Crippen LogP contribution is -2.07. The van der Waals surface area contributed by atoms with E-state index in [4.69, 9.17) is 0 Å². The number of hydrogen-bond donors (Lipinski definition) is 0. The van der Waals surface area contributed by atoms with Gasteiger partial charge in [-0.2, -0.15) is 0 Å². The number of pyridine rings is 1. The van der Waals surface area contributed by atoms with Crippen LogP contribution in [0, 0.1) is 13.8 Å². The van der Waals surface area contributed by atoms with Gasteiger partial charge in [0.1, 0.15) is 4.83 Å². The molecule has 0 aliphatic rings. The highest BCUT2D eigenvalue weighted by Crippen LogP contribution is 2.27. The maximum absolute atomic E-state index is 12.3. The second-order valence-electron chi connectivity index (χ2n) is 4.33. The summed E-state index contributed by atoms with van der Waals surface area (Å²) in [4.78, 5) is 16.2. The molecule has 0 amide bonds. The topological polar surface area (TPSA) is 30.0 Å². The third kappa shape index (κ3) is 3.98. The molecular formula is C15H15Br2NO. The third-order valence-corrected chi connectivity index (χ3v) is 3.69. The number of alkyl halides is 1. The number of hydrogen-bond acceptors (Lipinski definition) is 2. The van der Waals surface area contributed by atoms with Crippen LogP contribution in [0.25, 0.3) is 0 Å². The second-order valence-corrected chi connectivity index (χ2v) is 5.24. The standard InChI is InChI=1S/C15H14BrNO.BrH/c1-10-4-3-5-13(8-10)15(18)14(16)12-6-7-17-11(2)9-12;/h3-9,14H,1-2H3;1H. The van der Waals surface area contributed by atoms with Crippen LogP contribution in [-0.2, 0) is 0 Å². The van der Waals surface area contributed by atoms with Crippen LogP contribution in [0.5, 0.6) is 0 Å². The van der Waals surface area contributed by atoms with Gasteiger partial charge in [0.15, 0.2) is 5.78 Å². The fourth-order valence-electron chi connectivity index (χ4n) is 1.82. The molecule has 0 fully saturated rings. The van der Waals surface area contributed by atoms with Gasteiger partial charge in [0.05, 0.1) is 0 Å². The van der Waals surface area contributed by atoms with E-state index in [-0.39, 0.29) is 27.6 Å². The van der Waals surface area contributed by atoms with Crippen LogP contribution in [0.1, 0.15) is 32.0 Å². The summed E-state index contributed by atoms with van der Waals surface area (Å²) >= 11 is 3.47. The Bertz CT molecular complexity index is 584. The quantitative estimate of drug-likeness (QED) is 0.571. The van der Waals surface area contributed by atoms with Gasteiger partial charge in [-0.15, -0.1) is 17.0 Å². The number of Topliss-reactive ketones (excluding diaryl/α,β-unsaturated/α-hetero) is 1. The molecule has 0 N–H and O–H groups in total. The first-order valence-electron chi connectivity index (χ1n) is 5.75. The van der Waals surface area contributed by atoms with Crippen molar-refractivity contribution < 1.29 is 4.79 Å². The lowest BCUT2D eigenvalue weighted by molar-refractivity contribution is 0.0991. The first-order valence-corrected chi connectivity index (χ1v) is 6.67. The van der Waals surface area contributed by atoms with Gasteiger partial charge < -0.3 is 0 Å². The molecule has 2 aromatic rings. The SMILES string of the molecule is Br.Cc1cccc(C(=O)C(Br)c2ccnc(C)c2)c1. The van der Waals surface area contributed by atoms with Crippen LogP contribution in [0.2, 0.25) is 0 Å². The lowest BCUT2D eigenvalue weighted by Gasteiger charge is -2.10. The van der Waals surface area contributed by atoms with Gasteiger partial charge in [-0.1, -0.05) is 39.7 Å². The number of carbonyl (C=O) groups is 1. The summed E-state index contributed by atoms with van der Waals surface area (Å²) in [6, 6.07) is 11.4. The predicted octanol–water partition coefficient (Wildman–Crippen LogP) is 4.60. The monoisotopic (exact) mass is 383 g/mol. The highest BCUT2D eigenvalue weighted by Gasteiger charge is 2.19. The van der Waals surface area contributed by atoms with Crippen molar-refractivity contribution in [3.63, 3.8) is 0 Å². The van der Waals surface area contributed by atoms with Gasteiger partial charge in [0, 0.05) is 17.5 Å². The van der Waals surface area contributed by atoms with E-state index in [1.807, 2.05) is 50.2 Å². The van der Waals surface area contributed by atoms with Crippen molar-refractivity contribution >= 4 is 38.7 Å². The fourth-order valence-corrected chi connectivity index (χ4v) is 2.37. The Hall–Kier alpha value is -1.00. The van der Waals surface area contributed by atoms with Crippen molar-refractivity contribution in [3.8, 4) is 0 Å². The van der Waals surface area contributed by atoms with Gasteiger partial charge in [0.25, 0.3) is 0 Å². The van der Waals surface area contributed by atoms with Gasteiger partial charge in [0.2, 0.25) is 0 Å². The number of rotatable bonds is 3. The molecule has 1 heterocycles. The van der Waals surface area contributed by atoms with Crippen LogP contribution in [0.15, 0.2) is 42.6 Å². The molecule has 4 heteroatoms. The number of aryl methyl sites for hydroxylation is 2. The van der Waals surface area contributed by atoms with Crippen molar-refractivity contribution in [1.29, 1.82) is 0 Å². The van der Waals surface area contributed by atoms with E-state index in [2.05, 4.69) is 20.9 Å². The van der Waals surface area contributed by atoms with Crippen LogP contribution >= 0.6 is 32.9 Å². The first-order chi connectivity index (χ1) is 8.58. The van der Waals surface area contributed by atoms with E-state index >= 15 is 0 Å². The Labute approximate surface area is 132 Å². The number of benzene rings is 1. The van der Waals surface area contributed by atoms with E-state index in [1.54, 1.807) is 6.20 Å². The first kappa shape index (κ1) is 16.1. The molecule has 0 aliphatic heterocycles.